The molecule has 0 atom stereocenters. The second-order valence-corrected chi connectivity index (χ2v) is 7.41. The Labute approximate surface area is 140 Å². The molecule has 4 nitrogen and oxygen atoms in total. The second kappa shape index (κ2) is 5.53. The van der Waals surface area contributed by atoms with Gasteiger partial charge in [-0.05, 0) is 68.0 Å². The van der Waals surface area contributed by atoms with Crippen molar-refractivity contribution in [3.05, 3.63) is 39.8 Å². The van der Waals surface area contributed by atoms with Crippen LogP contribution in [0.5, 0.6) is 5.75 Å². The fourth-order valence-corrected chi connectivity index (χ4v) is 3.98. The summed E-state index contributed by atoms with van der Waals surface area (Å²) >= 11 is 6.31. The van der Waals surface area contributed by atoms with Gasteiger partial charge in [-0.1, -0.05) is 11.6 Å². The van der Waals surface area contributed by atoms with Gasteiger partial charge in [-0.2, -0.15) is 0 Å². The molecule has 0 bridgehead atoms. The lowest BCUT2D eigenvalue weighted by Crippen LogP contribution is -2.47. The maximum atomic E-state index is 11.8. The third-order valence-electron chi connectivity index (χ3n) is 5.37. The maximum Gasteiger partial charge on any atom is 0.255 e. The summed E-state index contributed by atoms with van der Waals surface area (Å²) in [6, 6.07) is 5.40. The number of H-pyrrole nitrogens is 1. The molecule has 4 rings (SSSR count). The largest absolute Gasteiger partial charge is 0.489 e. The molecule has 0 saturated heterocycles. The molecule has 122 valence electrons. The van der Waals surface area contributed by atoms with Crippen molar-refractivity contribution in [2.45, 2.75) is 50.2 Å². The van der Waals surface area contributed by atoms with Gasteiger partial charge in [0.1, 0.15) is 5.75 Å². The molecule has 1 aromatic heterocycles. The molecular formula is C18H21ClN2O2. The van der Waals surface area contributed by atoms with Crippen LogP contribution in [0, 0.1) is 5.92 Å². The highest BCUT2D eigenvalue weighted by Gasteiger charge is 2.44. The lowest BCUT2D eigenvalue weighted by molar-refractivity contribution is 0.110. The first kappa shape index (κ1) is 15.0. The van der Waals surface area contributed by atoms with Crippen LogP contribution in [0.3, 0.4) is 0 Å². The average Bonchev–Trinajstić information content (AvgIpc) is 3.37. The van der Waals surface area contributed by atoms with Crippen LogP contribution in [0.15, 0.2) is 29.2 Å². The molecule has 0 spiro atoms. The fraction of sp³-hybridized carbons (Fsp3) is 0.500. The van der Waals surface area contributed by atoms with Crippen molar-refractivity contribution in [2.24, 2.45) is 11.7 Å². The molecule has 0 amide bonds. The number of nitrogens with one attached hydrogen (secondary N) is 1. The van der Waals surface area contributed by atoms with Crippen molar-refractivity contribution in [3.63, 3.8) is 0 Å². The van der Waals surface area contributed by atoms with E-state index in [4.69, 9.17) is 22.1 Å². The molecule has 5 heteroatoms. The third-order valence-corrected chi connectivity index (χ3v) is 5.67. The van der Waals surface area contributed by atoms with E-state index < -0.39 is 0 Å². The van der Waals surface area contributed by atoms with Crippen molar-refractivity contribution in [3.8, 4) is 5.75 Å². The molecule has 23 heavy (non-hydrogen) atoms. The zero-order valence-electron chi connectivity index (χ0n) is 13.0. The smallest absolute Gasteiger partial charge is 0.255 e. The number of fused-ring (bicyclic) bond motifs is 1. The monoisotopic (exact) mass is 332 g/mol. The number of nitrogens with two attached hydrogens (primary N) is 1. The maximum absolute atomic E-state index is 11.8. The molecule has 2 fully saturated rings. The van der Waals surface area contributed by atoms with E-state index in [9.17, 15) is 4.79 Å². The van der Waals surface area contributed by atoms with Crippen molar-refractivity contribution in [1.29, 1.82) is 0 Å². The number of aromatic amines is 1. The molecule has 1 heterocycles. The Bertz CT molecular complexity index is 789. The van der Waals surface area contributed by atoms with Crippen LogP contribution in [-0.4, -0.2) is 16.6 Å². The van der Waals surface area contributed by atoms with Crippen LogP contribution in [-0.2, 0) is 0 Å². The highest BCUT2D eigenvalue weighted by atomic mass is 35.5. The topological polar surface area (TPSA) is 68.1 Å². The molecular weight excluding hydrogens is 312 g/mol. The van der Waals surface area contributed by atoms with Gasteiger partial charge in [0.25, 0.3) is 5.56 Å². The second-order valence-electron chi connectivity index (χ2n) is 7.00. The molecule has 2 aliphatic rings. The van der Waals surface area contributed by atoms with Crippen molar-refractivity contribution in [2.75, 3.05) is 0 Å². The van der Waals surface area contributed by atoms with Gasteiger partial charge in [0.05, 0.1) is 11.1 Å². The van der Waals surface area contributed by atoms with Gasteiger partial charge >= 0.3 is 0 Å². The van der Waals surface area contributed by atoms with Gasteiger partial charge in [0.15, 0.2) is 0 Å². The van der Waals surface area contributed by atoms with E-state index in [2.05, 4.69) is 4.98 Å². The molecule has 1 aromatic carbocycles. The number of hydrogen-bond donors (Lipinski definition) is 2. The average molecular weight is 333 g/mol. The number of rotatable bonds is 3. The van der Waals surface area contributed by atoms with Crippen LogP contribution in [0.4, 0.5) is 0 Å². The Balaban J connectivity index is 1.52. The predicted octanol–water partition coefficient (Wildman–Crippen LogP) is 3.61. The lowest BCUT2D eigenvalue weighted by atomic mass is 9.78. The Hall–Kier alpha value is -1.52. The first-order chi connectivity index (χ1) is 11.0. The summed E-state index contributed by atoms with van der Waals surface area (Å²) in [6.07, 6.45) is 8.34. The van der Waals surface area contributed by atoms with E-state index in [0.29, 0.717) is 16.2 Å². The summed E-state index contributed by atoms with van der Waals surface area (Å²) in [5, 5.41) is 1.92. The van der Waals surface area contributed by atoms with E-state index in [-0.39, 0.29) is 17.2 Å². The summed E-state index contributed by atoms with van der Waals surface area (Å²) in [6.45, 7) is 0. The predicted molar refractivity (Wildman–Crippen MR) is 92.1 cm³/mol. The Morgan fingerprint density at radius 3 is 2.65 bits per heavy atom. The van der Waals surface area contributed by atoms with Gasteiger partial charge in [-0.15, -0.1) is 0 Å². The molecule has 3 N–H and O–H groups in total. The highest BCUT2D eigenvalue weighted by molar-refractivity contribution is 6.32. The lowest BCUT2D eigenvalue weighted by Gasteiger charge is -2.37. The number of halogens is 1. The molecule has 0 aliphatic heterocycles. The van der Waals surface area contributed by atoms with Crippen LogP contribution in [0.2, 0.25) is 5.02 Å². The van der Waals surface area contributed by atoms with E-state index in [1.807, 2.05) is 12.1 Å². The molecule has 2 saturated carbocycles. The number of benzene rings is 1. The minimum Gasteiger partial charge on any atom is -0.489 e. The van der Waals surface area contributed by atoms with Gasteiger partial charge in [-0.3, -0.25) is 4.79 Å². The number of hydrogen-bond acceptors (Lipinski definition) is 3. The van der Waals surface area contributed by atoms with Gasteiger partial charge in [0.2, 0.25) is 0 Å². The zero-order valence-corrected chi connectivity index (χ0v) is 13.7. The number of ether oxygens (including phenoxy) is 1. The van der Waals surface area contributed by atoms with E-state index in [1.165, 1.54) is 12.8 Å². The number of pyridine rings is 1. The zero-order chi connectivity index (χ0) is 16.0. The first-order valence-electron chi connectivity index (χ1n) is 8.32. The summed E-state index contributed by atoms with van der Waals surface area (Å²) in [5.41, 5.74) is 6.42. The Kier molecular flexibility index (Phi) is 3.62. The fourth-order valence-electron chi connectivity index (χ4n) is 3.77. The quantitative estimate of drug-likeness (QED) is 0.902. The third kappa shape index (κ3) is 2.86. The standard InChI is InChI=1S/C18H21ClN2O2/c19-15-10-14-11(5-8-21-17(14)22)9-16(15)23-13-3-6-18(20,7-4-13)12-1-2-12/h5,8-10,12-13H,1-4,6-7,20H2,(H,21,22). The van der Waals surface area contributed by atoms with Crippen molar-refractivity contribution >= 4 is 22.4 Å². The Morgan fingerprint density at radius 2 is 1.96 bits per heavy atom. The minimum atomic E-state index is -0.133. The molecule has 0 radical (unpaired) electrons. The molecule has 0 unspecified atom stereocenters. The van der Waals surface area contributed by atoms with Crippen LogP contribution < -0.4 is 16.0 Å². The van der Waals surface area contributed by atoms with Gasteiger partial charge in [0, 0.05) is 17.1 Å². The number of aromatic nitrogens is 1. The molecule has 2 aromatic rings. The van der Waals surface area contributed by atoms with Gasteiger partial charge in [-0.25, -0.2) is 0 Å². The summed E-state index contributed by atoms with van der Waals surface area (Å²) in [5.74, 6) is 1.38. The molecule has 2 aliphatic carbocycles. The van der Waals surface area contributed by atoms with Crippen LogP contribution in [0.1, 0.15) is 38.5 Å². The summed E-state index contributed by atoms with van der Waals surface area (Å²) in [4.78, 5) is 14.5. The first-order valence-corrected chi connectivity index (χ1v) is 8.69. The van der Waals surface area contributed by atoms with E-state index in [0.717, 1.165) is 37.0 Å². The summed E-state index contributed by atoms with van der Waals surface area (Å²) in [7, 11) is 0. The highest BCUT2D eigenvalue weighted by Crippen LogP contribution is 2.46. The van der Waals surface area contributed by atoms with Crippen LogP contribution >= 0.6 is 11.6 Å². The van der Waals surface area contributed by atoms with E-state index >= 15 is 0 Å². The SMILES string of the molecule is NC1(C2CC2)CCC(Oc2cc3cc[nH]c(=O)c3cc2Cl)CC1. The van der Waals surface area contributed by atoms with E-state index in [1.54, 1.807) is 12.3 Å². The minimum absolute atomic E-state index is 0.0281. The van der Waals surface area contributed by atoms with Crippen molar-refractivity contribution < 1.29 is 4.74 Å². The van der Waals surface area contributed by atoms with Gasteiger partial charge < -0.3 is 15.5 Å². The van der Waals surface area contributed by atoms with Crippen LogP contribution in [0.25, 0.3) is 10.8 Å². The summed E-state index contributed by atoms with van der Waals surface area (Å²) < 4.78 is 6.13. The Morgan fingerprint density at radius 1 is 1.22 bits per heavy atom. The van der Waals surface area contributed by atoms with Crippen molar-refractivity contribution in [1.82, 2.24) is 4.98 Å². The normalized spacial score (nSPS) is 28.0.